The molecule has 1 aliphatic heterocycles. The van der Waals surface area contributed by atoms with Crippen LogP contribution in [0.4, 0.5) is 4.79 Å². The van der Waals surface area contributed by atoms with Crippen LogP contribution in [0, 0.1) is 5.92 Å². The van der Waals surface area contributed by atoms with Gasteiger partial charge in [-0.2, -0.15) is 0 Å². The first-order valence-corrected chi connectivity index (χ1v) is 8.76. The van der Waals surface area contributed by atoms with Crippen molar-refractivity contribution >= 4 is 18.3 Å². The van der Waals surface area contributed by atoms with Crippen molar-refractivity contribution in [1.29, 1.82) is 0 Å². The van der Waals surface area contributed by atoms with Gasteiger partial charge in [0.15, 0.2) is 0 Å². The molecule has 23 heavy (non-hydrogen) atoms. The first kappa shape index (κ1) is 17.8. The Morgan fingerprint density at radius 2 is 2.00 bits per heavy atom. The summed E-state index contributed by atoms with van der Waals surface area (Å²) in [5, 5.41) is 2.55. The zero-order chi connectivity index (χ0) is 16.9. The zero-order valence-corrected chi connectivity index (χ0v) is 14.2. The van der Waals surface area contributed by atoms with E-state index in [0.717, 1.165) is 44.8 Å². The van der Waals surface area contributed by atoms with Gasteiger partial charge in [0.05, 0.1) is 6.61 Å². The molecule has 2 rings (SSSR count). The van der Waals surface area contributed by atoms with Gasteiger partial charge in [-0.3, -0.25) is 4.79 Å². The molecule has 2 amide bonds. The minimum atomic E-state index is -0.685. The van der Waals surface area contributed by atoms with Gasteiger partial charge in [-0.1, -0.05) is 19.3 Å². The summed E-state index contributed by atoms with van der Waals surface area (Å²) in [5.74, 6) is 0.0585. The van der Waals surface area contributed by atoms with Crippen molar-refractivity contribution in [1.82, 2.24) is 10.2 Å². The Labute approximate surface area is 137 Å². The van der Waals surface area contributed by atoms with Crippen LogP contribution in [0.5, 0.6) is 0 Å². The molecule has 0 aromatic rings. The Bertz CT molecular complexity index is 448. The Balaban J connectivity index is 2.10. The highest BCUT2D eigenvalue weighted by molar-refractivity contribution is 5.89. The second-order valence-corrected chi connectivity index (χ2v) is 6.62. The summed E-state index contributed by atoms with van der Waals surface area (Å²) in [4.78, 5) is 38.0. The maximum Gasteiger partial charge on any atom is 0.407 e. The minimum absolute atomic E-state index is 0.187. The number of nitrogens with one attached hydrogen (secondary N) is 1. The molecule has 0 unspecified atom stereocenters. The Kier molecular flexibility index (Phi) is 6.02. The highest BCUT2D eigenvalue weighted by Crippen LogP contribution is 2.42. The molecule has 1 aliphatic carbocycles. The van der Waals surface area contributed by atoms with Gasteiger partial charge in [0, 0.05) is 6.54 Å². The number of carbonyl (C=O) groups is 3. The van der Waals surface area contributed by atoms with E-state index in [1.165, 1.54) is 6.42 Å². The molecule has 2 aliphatic rings. The number of hydrogen-bond donors (Lipinski definition) is 1. The van der Waals surface area contributed by atoms with Crippen LogP contribution in [0.2, 0.25) is 0 Å². The van der Waals surface area contributed by atoms with Crippen molar-refractivity contribution in [2.24, 2.45) is 5.92 Å². The third-order valence-corrected chi connectivity index (χ3v) is 5.22. The lowest BCUT2D eigenvalue weighted by atomic mass is 9.73. The molecule has 6 nitrogen and oxygen atoms in total. The topological polar surface area (TPSA) is 75.7 Å². The van der Waals surface area contributed by atoms with Crippen molar-refractivity contribution < 1.29 is 19.1 Å². The van der Waals surface area contributed by atoms with Gasteiger partial charge in [-0.25, -0.2) is 4.79 Å². The van der Waals surface area contributed by atoms with Crippen LogP contribution in [0.1, 0.15) is 58.8 Å². The number of alkyl carbamates (subject to hydrolysis) is 1. The van der Waals surface area contributed by atoms with Gasteiger partial charge < -0.3 is 19.7 Å². The number of likely N-dealkylation sites (tertiary alicyclic amines) is 1. The van der Waals surface area contributed by atoms with Crippen LogP contribution in [0.25, 0.3) is 0 Å². The van der Waals surface area contributed by atoms with Gasteiger partial charge >= 0.3 is 6.09 Å². The lowest BCUT2D eigenvalue weighted by molar-refractivity contribution is -0.144. The van der Waals surface area contributed by atoms with Gasteiger partial charge in [-0.15, -0.1) is 0 Å². The van der Waals surface area contributed by atoms with Crippen LogP contribution < -0.4 is 5.32 Å². The van der Waals surface area contributed by atoms with Crippen LogP contribution in [-0.2, 0) is 14.3 Å². The maximum absolute atomic E-state index is 12.8. The number of nitrogens with zero attached hydrogens (tertiary/aromatic N) is 1. The molecule has 0 radical (unpaired) electrons. The fraction of sp³-hybridized carbons (Fsp3) is 0.824. The van der Waals surface area contributed by atoms with Gasteiger partial charge in [0.2, 0.25) is 5.91 Å². The fourth-order valence-electron chi connectivity index (χ4n) is 4.07. The molecule has 6 heteroatoms. The molecule has 2 atom stereocenters. The molecule has 1 saturated heterocycles. The lowest BCUT2D eigenvalue weighted by Crippen LogP contribution is -2.58. The van der Waals surface area contributed by atoms with Crippen molar-refractivity contribution in [3.63, 3.8) is 0 Å². The van der Waals surface area contributed by atoms with E-state index in [-0.39, 0.29) is 18.4 Å². The van der Waals surface area contributed by atoms with E-state index in [0.29, 0.717) is 6.54 Å². The van der Waals surface area contributed by atoms with Gasteiger partial charge in [-0.05, 0) is 45.4 Å². The third-order valence-electron chi connectivity index (χ3n) is 5.22. The van der Waals surface area contributed by atoms with Crippen molar-refractivity contribution in [2.75, 3.05) is 13.2 Å². The normalized spacial score (nSPS) is 26.6. The number of aldehydes is 1. The van der Waals surface area contributed by atoms with Crippen LogP contribution in [0.3, 0.4) is 0 Å². The maximum atomic E-state index is 12.8. The van der Waals surface area contributed by atoms with E-state index in [2.05, 4.69) is 5.32 Å². The van der Waals surface area contributed by atoms with E-state index in [1.807, 2.05) is 0 Å². The molecule has 0 bridgehead atoms. The summed E-state index contributed by atoms with van der Waals surface area (Å²) in [5.41, 5.74) is -0.678. The zero-order valence-electron chi connectivity index (χ0n) is 14.2. The smallest absolute Gasteiger partial charge is 0.407 e. The molecule has 0 aromatic carbocycles. The quantitative estimate of drug-likeness (QED) is 0.787. The molecule has 1 saturated carbocycles. The Hall–Kier alpha value is -1.59. The SMILES string of the molecule is CCOC(=O)N[C@@H](C)C(=O)N1CCC[C@]1(C=O)C1CCCCC1. The largest absolute Gasteiger partial charge is 0.450 e. The highest BCUT2D eigenvalue weighted by atomic mass is 16.5. The molecular formula is C17H28N2O4. The summed E-state index contributed by atoms with van der Waals surface area (Å²) in [7, 11) is 0. The number of carbonyl (C=O) groups excluding carboxylic acids is 3. The van der Waals surface area contributed by atoms with Crippen molar-refractivity contribution in [3.8, 4) is 0 Å². The predicted octanol–water partition coefficient (Wildman–Crippen LogP) is 2.26. The number of rotatable bonds is 5. The number of hydrogen-bond acceptors (Lipinski definition) is 4. The summed E-state index contributed by atoms with van der Waals surface area (Å²) in [6, 6.07) is -0.685. The number of ether oxygens (including phenoxy) is 1. The summed E-state index contributed by atoms with van der Waals surface area (Å²) in [6.45, 7) is 4.21. The average Bonchev–Trinajstić information content (AvgIpc) is 3.00. The van der Waals surface area contributed by atoms with E-state index in [1.54, 1.807) is 18.7 Å². The second kappa shape index (κ2) is 7.79. The molecule has 1 N–H and O–H groups in total. The van der Waals surface area contributed by atoms with Gasteiger partial charge in [0.25, 0.3) is 0 Å². The lowest BCUT2D eigenvalue weighted by Gasteiger charge is -2.43. The van der Waals surface area contributed by atoms with E-state index in [4.69, 9.17) is 4.74 Å². The third kappa shape index (κ3) is 3.67. The summed E-state index contributed by atoms with van der Waals surface area (Å²) in [6.07, 6.45) is 7.43. The van der Waals surface area contributed by atoms with Crippen LogP contribution in [0.15, 0.2) is 0 Å². The predicted molar refractivity (Wildman–Crippen MR) is 85.9 cm³/mol. The van der Waals surface area contributed by atoms with Crippen LogP contribution >= 0.6 is 0 Å². The first-order valence-electron chi connectivity index (χ1n) is 8.76. The summed E-state index contributed by atoms with van der Waals surface area (Å²) >= 11 is 0. The monoisotopic (exact) mass is 324 g/mol. The second-order valence-electron chi connectivity index (χ2n) is 6.62. The van der Waals surface area contributed by atoms with Crippen molar-refractivity contribution in [3.05, 3.63) is 0 Å². The Morgan fingerprint density at radius 1 is 1.30 bits per heavy atom. The van der Waals surface area contributed by atoms with Crippen LogP contribution in [-0.4, -0.2) is 47.9 Å². The van der Waals surface area contributed by atoms with E-state index < -0.39 is 17.7 Å². The first-order chi connectivity index (χ1) is 11.0. The van der Waals surface area contributed by atoms with Crippen molar-refractivity contribution in [2.45, 2.75) is 70.4 Å². The average molecular weight is 324 g/mol. The highest BCUT2D eigenvalue weighted by Gasteiger charge is 2.50. The molecule has 0 spiro atoms. The molecular weight excluding hydrogens is 296 g/mol. The van der Waals surface area contributed by atoms with E-state index in [9.17, 15) is 14.4 Å². The number of amides is 2. The van der Waals surface area contributed by atoms with E-state index >= 15 is 0 Å². The Morgan fingerprint density at radius 3 is 2.61 bits per heavy atom. The molecule has 130 valence electrons. The molecule has 0 aromatic heterocycles. The molecule has 2 fully saturated rings. The summed E-state index contributed by atoms with van der Waals surface area (Å²) < 4.78 is 4.83. The standard InChI is InChI=1S/C17H28N2O4/c1-3-23-16(22)18-13(2)15(21)19-11-7-10-17(19,12-20)14-8-5-4-6-9-14/h12-14H,3-11H2,1-2H3,(H,18,22)/t13-,17-/m0/s1. The fourth-order valence-corrected chi connectivity index (χ4v) is 4.07. The van der Waals surface area contributed by atoms with Gasteiger partial charge in [0.1, 0.15) is 17.9 Å². The minimum Gasteiger partial charge on any atom is -0.450 e. The molecule has 1 heterocycles.